The van der Waals surface area contributed by atoms with Gasteiger partial charge < -0.3 is 19.7 Å². The average molecular weight is 316 g/mol. The van der Waals surface area contributed by atoms with Crippen molar-refractivity contribution in [3.05, 3.63) is 57.6 Å². The molecule has 2 N–H and O–H groups in total. The molecule has 124 valence electrons. The van der Waals surface area contributed by atoms with Crippen LogP contribution in [-0.2, 0) is 29.1 Å². The first kappa shape index (κ1) is 17.3. The average Bonchev–Trinajstić information content (AvgIpc) is 2.54. The summed E-state index contributed by atoms with van der Waals surface area (Å²) in [5, 5.41) is 20.6. The molecule has 0 saturated carbocycles. The highest BCUT2D eigenvalue weighted by Gasteiger charge is 2.13. The Morgan fingerprint density at radius 1 is 0.696 bits per heavy atom. The third-order valence-electron chi connectivity index (χ3n) is 4.23. The predicted octanol–water partition coefficient (Wildman–Crippen LogP) is 3.60. The molecule has 4 nitrogen and oxygen atoms in total. The van der Waals surface area contributed by atoms with Gasteiger partial charge in [0, 0.05) is 25.3 Å². The lowest BCUT2D eigenvalue weighted by Gasteiger charge is -2.15. The highest BCUT2D eigenvalue weighted by atomic mass is 16.5. The number of aromatic hydroxyl groups is 2. The summed E-state index contributed by atoms with van der Waals surface area (Å²) in [4.78, 5) is 0. The van der Waals surface area contributed by atoms with Gasteiger partial charge in [0.05, 0.1) is 13.2 Å². The van der Waals surface area contributed by atoms with Gasteiger partial charge in [-0.1, -0.05) is 24.3 Å². The maximum absolute atomic E-state index is 10.3. The van der Waals surface area contributed by atoms with E-state index in [-0.39, 0.29) is 11.5 Å². The fourth-order valence-electron chi connectivity index (χ4n) is 2.73. The molecular weight excluding hydrogens is 292 g/mol. The molecule has 0 heterocycles. The summed E-state index contributed by atoms with van der Waals surface area (Å²) in [6, 6.07) is 7.78. The van der Waals surface area contributed by atoms with E-state index >= 15 is 0 Å². The Labute approximate surface area is 137 Å². The second-order valence-electron chi connectivity index (χ2n) is 5.76. The first-order valence-corrected chi connectivity index (χ1v) is 7.58. The number of phenolic OH excluding ortho intramolecular Hbond substituents is 2. The summed E-state index contributed by atoms with van der Waals surface area (Å²) in [6.45, 7) is 4.58. The van der Waals surface area contributed by atoms with Crippen LogP contribution in [0.3, 0.4) is 0 Å². The van der Waals surface area contributed by atoms with Crippen molar-refractivity contribution in [1.29, 1.82) is 0 Å². The number of methoxy groups -OCH3 is 2. The molecule has 2 rings (SSSR count). The maximum Gasteiger partial charge on any atom is 0.124 e. The van der Waals surface area contributed by atoms with Gasteiger partial charge in [-0.3, -0.25) is 0 Å². The molecule has 4 heteroatoms. The lowest BCUT2D eigenvalue weighted by molar-refractivity contribution is 0.182. The van der Waals surface area contributed by atoms with Gasteiger partial charge in [-0.25, -0.2) is 0 Å². The summed E-state index contributed by atoms with van der Waals surface area (Å²) in [5.74, 6) is 0.560. The highest BCUT2D eigenvalue weighted by Crippen LogP contribution is 2.31. The van der Waals surface area contributed by atoms with Crippen molar-refractivity contribution in [3.63, 3.8) is 0 Å². The van der Waals surface area contributed by atoms with Crippen LogP contribution in [-0.4, -0.2) is 24.4 Å². The quantitative estimate of drug-likeness (QED) is 0.855. The molecule has 0 saturated heterocycles. The lowest BCUT2D eigenvalue weighted by atomic mass is 9.94. The Balaban J connectivity index is 2.33. The van der Waals surface area contributed by atoms with E-state index in [0.717, 1.165) is 33.4 Å². The molecule has 0 unspecified atom stereocenters. The van der Waals surface area contributed by atoms with Crippen LogP contribution in [0.25, 0.3) is 0 Å². The first-order valence-electron chi connectivity index (χ1n) is 7.58. The van der Waals surface area contributed by atoms with E-state index < -0.39 is 0 Å². The zero-order chi connectivity index (χ0) is 17.0. The predicted molar refractivity (Wildman–Crippen MR) is 89.9 cm³/mol. The molecule has 0 atom stereocenters. The van der Waals surface area contributed by atoms with Crippen LogP contribution >= 0.6 is 0 Å². The number of phenols is 2. The fourth-order valence-corrected chi connectivity index (χ4v) is 2.73. The van der Waals surface area contributed by atoms with Gasteiger partial charge >= 0.3 is 0 Å². The SMILES string of the molecule is COCc1ccc(Cc2ccc(COC)c(O)c2C)c(C)c1O. The molecule has 0 aromatic heterocycles. The summed E-state index contributed by atoms with van der Waals surface area (Å²) < 4.78 is 10.2. The molecule has 0 bridgehead atoms. The van der Waals surface area contributed by atoms with Gasteiger partial charge in [-0.15, -0.1) is 0 Å². The molecule has 2 aromatic rings. The van der Waals surface area contributed by atoms with E-state index in [2.05, 4.69) is 0 Å². The molecule has 0 aliphatic rings. The number of ether oxygens (including phenoxy) is 2. The van der Waals surface area contributed by atoms with E-state index in [0.29, 0.717) is 19.6 Å². The van der Waals surface area contributed by atoms with Gasteiger partial charge in [0.25, 0.3) is 0 Å². The Hall–Kier alpha value is -2.04. The van der Waals surface area contributed by atoms with Crippen molar-refractivity contribution in [2.75, 3.05) is 14.2 Å². The van der Waals surface area contributed by atoms with E-state index in [1.54, 1.807) is 14.2 Å². The Bertz CT molecular complexity index is 633. The van der Waals surface area contributed by atoms with Crippen molar-refractivity contribution < 1.29 is 19.7 Å². The van der Waals surface area contributed by atoms with E-state index in [1.807, 2.05) is 38.1 Å². The van der Waals surface area contributed by atoms with Crippen molar-refractivity contribution >= 4 is 0 Å². The maximum atomic E-state index is 10.3. The lowest BCUT2D eigenvalue weighted by Crippen LogP contribution is -2.00. The van der Waals surface area contributed by atoms with Crippen LogP contribution in [0.1, 0.15) is 33.4 Å². The summed E-state index contributed by atoms with van der Waals surface area (Å²) >= 11 is 0. The summed E-state index contributed by atoms with van der Waals surface area (Å²) in [5.41, 5.74) is 5.32. The molecule has 0 aliphatic heterocycles. The van der Waals surface area contributed by atoms with Gasteiger partial charge in [0.2, 0.25) is 0 Å². The van der Waals surface area contributed by atoms with E-state index in [9.17, 15) is 10.2 Å². The van der Waals surface area contributed by atoms with Gasteiger partial charge in [0.1, 0.15) is 11.5 Å². The van der Waals surface area contributed by atoms with Gasteiger partial charge in [-0.05, 0) is 42.5 Å². The van der Waals surface area contributed by atoms with E-state index in [4.69, 9.17) is 9.47 Å². The fraction of sp³-hybridized carbons (Fsp3) is 0.368. The normalized spacial score (nSPS) is 11.0. The van der Waals surface area contributed by atoms with Crippen molar-refractivity contribution in [3.8, 4) is 11.5 Å². The molecule has 0 fully saturated rings. The van der Waals surface area contributed by atoms with Crippen LogP contribution in [0, 0.1) is 13.8 Å². The number of rotatable bonds is 6. The van der Waals surface area contributed by atoms with Gasteiger partial charge in [-0.2, -0.15) is 0 Å². The molecule has 2 aromatic carbocycles. The van der Waals surface area contributed by atoms with Crippen LogP contribution in [0.5, 0.6) is 11.5 Å². The molecule has 0 amide bonds. The summed E-state index contributed by atoms with van der Waals surface area (Å²) in [6.07, 6.45) is 0.652. The first-order chi connectivity index (χ1) is 11.0. The molecule has 23 heavy (non-hydrogen) atoms. The number of benzene rings is 2. The highest BCUT2D eigenvalue weighted by molar-refractivity contribution is 5.50. The smallest absolute Gasteiger partial charge is 0.124 e. The molecule has 0 radical (unpaired) electrons. The van der Waals surface area contributed by atoms with Crippen molar-refractivity contribution in [1.82, 2.24) is 0 Å². The minimum absolute atomic E-state index is 0.280. The molecule has 0 spiro atoms. The van der Waals surface area contributed by atoms with Crippen LogP contribution < -0.4 is 0 Å². The zero-order valence-corrected chi connectivity index (χ0v) is 14.1. The zero-order valence-electron chi connectivity index (χ0n) is 14.1. The Morgan fingerprint density at radius 2 is 1.04 bits per heavy atom. The van der Waals surface area contributed by atoms with Crippen molar-refractivity contribution in [2.45, 2.75) is 33.5 Å². The number of hydrogen-bond donors (Lipinski definition) is 2. The third-order valence-corrected chi connectivity index (χ3v) is 4.23. The third kappa shape index (κ3) is 3.66. The van der Waals surface area contributed by atoms with Crippen LogP contribution in [0.4, 0.5) is 0 Å². The van der Waals surface area contributed by atoms with E-state index in [1.165, 1.54) is 0 Å². The second-order valence-corrected chi connectivity index (χ2v) is 5.76. The molecule has 0 aliphatic carbocycles. The molecular formula is C19H24O4. The largest absolute Gasteiger partial charge is 0.507 e. The number of hydrogen-bond acceptors (Lipinski definition) is 4. The van der Waals surface area contributed by atoms with Gasteiger partial charge in [0.15, 0.2) is 0 Å². The van der Waals surface area contributed by atoms with Crippen LogP contribution in [0.15, 0.2) is 24.3 Å². The second kappa shape index (κ2) is 7.49. The summed E-state index contributed by atoms with van der Waals surface area (Å²) in [7, 11) is 3.22. The minimum atomic E-state index is 0.280. The minimum Gasteiger partial charge on any atom is -0.507 e. The monoisotopic (exact) mass is 316 g/mol. The van der Waals surface area contributed by atoms with Crippen molar-refractivity contribution in [2.24, 2.45) is 0 Å². The Kier molecular flexibility index (Phi) is 5.64. The van der Waals surface area contributed by atoms with Crippen LogP contribution in [0.2, 0.25) is 0 Å². The standard InChI is InChI=1S/C19H24O4/c1-12-14(5-7-16(10-22-3)18(12)20)9-15-6-8-17(11-23-4)19(21)13(15)2/h5-8,20-21H,9-11H2,1-4H3. The Morgan fingerprint density at radius 3 is 1.39 bits per heavy atom. The topological polar surface area (TPSA) is 58.9 Å².